The van der Waals surface area contributed by atoms with Gasteiger partial charge in [0.05, 0.1) is 6.04 Å². The Balaban J connectivity index is 1.28. The van der Waals surface area contributed by atoms with Gasteiger partial charge >= 0.3 is 0 Å². The summed E-state index contributed by atoms with van der Waals surface area (Å²) in [7, 11) is 0. The predicted octanol–water partition coefficient (Wildman–Crippen LogP) is 4.31. The van der Waals surface area contributed by atoms with Gasteiger partial charge in [0, 0.05) is 42.1 Å². The van der Waals surface area contributed by atoms with E-state index >= 15 is 0 Å². The Bertz CT molecular complexity index is 1040. The van der Waals surface area contributed by atoms with Crippen LogP contribution >= 0.6 is 0 Å². The number of fused-ring (bicyclic) bond motifs is 2. The summed E-state index contributed by atoms with van der Waals surface area (Å²) >= 11 is 0. The van der Waals surface area contributed by atoms with Crippen molar-refractivity contribution in [1.29, 1.82) is 0 Å². The van der Waals surface area contributed by atoms with Crippen LogP contribution in [-0.4, -0.2) is 50.6 Å². The summed E-state index contributed by atoms with van der Waals surface area (Å²) in [4.78, 5) is 28.2. The summed E-state index contributed by atoms with van der Waals surface area (Å²) in [6.45, 7) is 5.11. The number of amides is 1. The molecule has 6 rings (SSSR count). The van der Waals surface area contributed by atoms with E-state index in [1.54, 1.807) is 0 Å². The van der Waals surface area contributed by atoms with Crippen molar-refractivity contribution in [3.63, 3.8) is 0 Å². The Labute approximate surface area is 196 Å². The van der Waals surface area contributed by atoms with Crippen molar-refractivity contribution in [1.82, 2.24) is 25.1 Å². The fourth-order valence-electron chi connectivity index (χ4n) is 6.63. The van der Waals surface area contributed by atoms with Crippen LogP contribution in [0.1, 0.15) is 103 Å². The zero-order valence-electron chi connectivity index (χ0n) is 19.9. The van der Waals surface area contributed by atoms with Crippen LogP contribution in [-0.2, 0) is 19.3 Å². The van der Waals surface area contributed by atoms with Gasteiger partial charge < -0.3 is 9.80 Å². The minimum atomic E-state index is -0.0475. The quantitative estimate of drug-likeness (QED) is 0.754. The second-order valence-electron chi connectivity index (χ2n) is 10.6. The number of hydrogen-bond acceptors (Lipinski definition) is 5. The van der Waals surface area contributed by atoms with Crippen LogP contribution in [0, 0.1) is 12.8 Å². The highest BCUT2D eigenvalue weighted by atomic mass is 16.2. The number of nitrogens with one attached hydrogen (secondary N) is 1. The summed E-state index contributed by atoms with van der Waals surface area (Å²) in [6.07, 6.45) is 14.1. The van der Waals surface area contributed by atoms with E-state index in [1.807, 2.05) is 4.90 Å². The Morgan fingerprint density at radius 1 is 0.939 bits per heavy atom. The van der Waals surface area contributed by atoms with Crippen LogP contribution in [0.5, 0.6) is 0 Å². The molecule has 1 N–H and O–H groups in total. The largest absolute Gasteiger partial charge is 0.356 e. The lowest BCUT2D eigenvalue weighted by atomic mass is 9.88. The van der Waals surface area contributed by atoms with Crippen LogP contribution in [0.4, 0.5) is 5.82 Å². The van der Waals surface area contributed by atoms with Crippen molar-refractivity contribution in [2.45, 2.75) is 90.0 Å². The molecule has 2 aliphatic heterocycles. The number of carbonyl (C=O) groups excluding carboxylic acids is 1. The van der Waals surface area contributed by atoms with E-state index in [0.717, 1.165) is 92.7 Å². The third-order valence-electron chi connectivity index (χ3n) is 8.39. The first-order valence-electron chi connectivity index (χ1n) is 13.2. The highest BCUT2D eigenvalue weighted by Crippen LogP contribution is 2.37. The number of aryl methyl sites for hydroxylation is 2. The average Bonchev–Trinajstić information content (AvgIpc) is 3.57. The lowest BCUT2D eigenvalue weighted by Gasteiger charge is -2.35. The maximum atomic E-state index is 13.5. The van der Waals surface area contributed by atoms with E-state index in [9.17, 15) is 4.79 Å². The SMILES string of the molecule is Cc1nc([C@@H]2CCCN2C(=O)c2n[nH]c3c2CCC3)nc2c1CCCN2CC1CCCCC1. The molecule has 1 saturated heterocycles. The molecule has 1 amide bonds. The Morgan fingerprint density at radius 3 is 2.67 bits per heavy atom. The molecule has 1 atom stereocenters. The van der Waals surface area contributed by atoms with Gasteiger partial charge in [0.15, 0.2) is 11.5 Å². The van der Waals surface area contributed by atoms with Crippen LogP contribution < -0.4 is 4.90 Å². The summed E-state index contributed by atoms with van der Waals surface area (Å²) in [5, 5.41) is 7.51. The van der Waals surface area contributed by atoms with Crippen molar-refractivity contribution in [3.05, 3.63) is 34.0 Å². The number of rotatable bonds is 4. The Hall–Kier alpha value is -2.44. The second-order valence-corrected chi connectivity index (χ2v) is 10.6. The zero-order chi connectivity index (χ0) is 22.4. The monoisotopic (exact) mass is 448 g/mol. The molecule has 2 fully saturated rings. The molecule has 4 aliphatic rings. The second kappa shape index (κ2) is 8.73. The number of carbonyl (C=O) groups is 1. The van der Waals surface area contributed by atoms with Crippen LogP contribution in [0.2, 0.25) is 0 Å². The average molecular weight is 449 g/mol. The van der Waals surface area contributed by atoms with Gasteiger partial charge in [-0.05, 0) is 70.6 Å². The minimum absolute atomic E-state index is 0.0475. The summed E-state index contributed by atoms with van der Waals surface area (Å²) in [5.41, 5.74) is 5.33. The molecular weight excluding hydrogens is 412 g/mol. The van der Waals surface area contributed by atoms with Gasteiger partial charge in [0.1, 0.15) is 5.82 Å². The first kappa shape index (κ1) is 21.1. The van der Waals surface area contributed by atoms with Gasteiger partial charge in [0.25, 0.3) is 5.91 Å². The number of anilines is 1. The van der Waals surface area contributed by atoms with Crippen LogP contribution in [0.15, 0.2) is 0 Å². The van der Waals surface area contributed by atoms with Gasteiger partial charge in [-0.25, -0.2) is 9.97 Å². The molecule has 1 saturated carbocycles. The van der Waals surface area contributed by atoms with Crippen molar-refractivity contribution < 1.29 is 4.79 Å². The van der Waals surface area contributed by atoms with Gasteiger partial charge in [0.2, 0.25) is 0 Å². The predicted molar refractivity (Wildman–Crippen MR) is 128 cm³/mol. The lowest BCUT2D eigenvalue weighted by molar-refractivity contribution is 0.0722. The zero-order valence-corrected chi connectivity index (χ0v) is 19.9. The topological polar surface area (TPSA) is 78.0 Å². The molecule has 4 heterocycles. The fraction of sp³-hybridized carbons (Fsp3) is 0.692. The van der Waals surface area contributed by atoms with Gasteiger partial charge in [-0.15, -0.1) is 0 Å². The number of hydrogen-bond donors (Lipinski definition) is 1. The Kier molecular flexibility index (Phi) is 5.59. The maximum absolute atomic E-state index is 13.5. The molecule has 7 heteroatoms. The van der Waals surface area contributed by atoms with E-state index in [2.05, 4.69) is 22.0 Å². The van der Waals surface area contributed by atoms with Gasteiger partial charge in [-0.3, -0.25) is 9.89 Å². The smallest absolute Gasteiger partial charge is 0.275 e. The van der Waals surface area contributed by atoms with Crippen molar-refractivity contribution in [2.75, 3.05) is 24.5 Å². The van der Waals surface area contributed by atoms with Crippen molar-refractivity contribution in [3.8, 4) is 0 Å². The number of aromatic amines is 1. The van der Waals surface area contributed by atoms with Crippen molar-refractivity contribution >= 4 is 11.7 Å². The van der Waals surface area contributed by atoms with Crippen LogP contribution in [0.3, 0.4) is 0 Å². The van der Waals surface area contributed by atoms with E-state index in [1.165, 1.54) is 44.1 Å². The molecule has 176 valence electrons. The summed E-state index contributed by atoms with van der Waals surface area (Å²) < 4.78 is 0. The highest BCUT2D eigenvalue weighted by molar-refractivity contribution is 5.94. The number of H-pyrrole nitrogens is 1. The third kappa shape index (κ3) is 3.83. The fourth-order valence-corrected chi connectivity index (χ4v) is 6.63. The molecule has 0 aromatic carbocycles. The minimum Gasteiger partial charge on any atom is -0.356 e. The Morgan fingerprint density at radius 2 is 1.79 bits per heavy atom. The van der Waals surface area contributed by atoms with E-state index in [0.29, 0.717) is 5.69 Å². The van der Waals surface area contributed by atoms with Gasteiger partial charge in [-0.2, -0.15) is 5.10 Å². The highest BCUT2D eigenvalue weighted by Gasteiger charge is 2.37. The molecule has 2 aromatic rings. The normalized spacial score (nSPS) is 23.1. The molecule has 33 heavy (non-hydrogen) atoms. The number of likely N-dealkylation sites (tertiary alicyclic amines) is 1. The summed E-state index contributed by atoms with van der Waals surface area (Å²) in [5.74, 6) is 2.82. The molecule has 0 radical (unpaired) electrons. The van der Waals surface area contributed by atoms with Crippen molar-refractivity contribution in [2.24, 2.45) is 5.92 Å². The molecule has 0 unspecified atom stereocenters. The molecule has 0 spiro atoms. The van der Waals surface area contributed by atoms with E-state index in [-0.39, 0.29) is 11.9 Å². The maximum Gasteiger partial charge on any atom is 0.275 e. The molecule has 2 aliphatic carbocycles. The van der Waals surface area contributed by atoms with Gasteiger partial charge in [-0.1, -0.05) is 19.3 Å². The molecule has 7 nitrogen and oxygen atoms in total. The standard InChI is InChI=1S/C26H36N6O/c1-17-19-11-6-14-31(16-18-8-3-2-4-9-18)25(19)28-24(27-17)22-13-7-15-32(22)26(33)23-20-10-5-12-21(20)29-30-23/h18,22H,2-16H2,1H3,(H,29,30)/t22-/m0/s1. The molecular formula is C26H36N6O. The summed E-state index contributed by atoms with van der Waals surface area (Å²) in [6, 6.07) is -0.0475. The number of nitrogens with zero attached hydrogens (tertiary/aromatic N) is 5. The third-order valence-corrected chi connectivity index (χ3v) is 8.39. The number of aromatic nitrogens is 4. The van der Waals surface area contributed by atoms with E-state index < -0.39 is 0 Å². The first-order chi connectivity index (χ1) is 16.2. The van der Waals surface area contributed by atoms with E-state index in [4.69, 9.17) is 9.97 Å². The van der Waals surface area contributed by atoms with Crippen LogP contribution in [0.25, 0.3) is 0 Å². The first-order valence-corrected chi connectivity index (χ1v) is 13.2. The molecule has 0 bridgehead atoms. The molecule has 2 aromatic heterocycles. The lowest BCUT2D eigenvalue weighted by Crippen LogP contribution is -2.37.